The van der Waals surface area contributed by atoms with Crippen LogP contribution in [0.3, 0.4) is 0 Å². The van der Waals surface area contributed by atoms with Gasteiger partial charge in [0.25, 0.3) is 0 Å². The summed E-state index contributed by atoms with van der Waals surface area (Å²) < 4.78 is 13.2. The number of halogens is 1. The van der Waals surface area contributed by atoms with Gasteiger partial charge < -0.3 is 15.7 Å². The van der Waals surface area contributed by atoms with Gasteiger partial charge in [-0.3, -0.25) is 4.79 Å². The van der Waals surface area contributed by atoms with Crippen LogP contribution in [0, 0.1) is 11.7 Å². The Hall–Kier alpha value is -1.62. The minimum atomic E-state index is -0.747. The number of nitrogens with two attached hydrogens (primary N) is 1. The molecule has 1 saturated heterocycles. The Balaban J connectivity index is 2.26. The van der Waals surface area contributed by atoms with Crippen LogP contribution in [0.25, 0.3) is 0 Å². The minimum absolute atomic E-state index is 0.170. The van der Waals surface area contributed by atoms with Gasteiger partial charge in [-0.1, -0.05) is 0 Å². The number of anilines is 1. The highest BCUT2D eigenvalue weighted by Gasteiger charge is 2.28. The summed E-state index contributed by atoms with van der Waals surface area (Å²) in [6.07, 6.45) is -0.0466. The molecule has 1 aromatic rings. The summed E-state index contributed by atoms with van der Waals surface area (Å²) in [6.45, 7) is 2.82. The van der Waals surface area contributed by atoms with Crippen molar-refractivity contribution in [2.45, 2.75) is 19.4 Å². The molecule has 1 heterocycles. The monoisotopic (exact) mass is 252 g/mol. The molecule has 2 atom stereocenters. The van der Waals surface area contributed by atoms with Crippen LogP contribution in [-0.4, -0.2) is 24.1 Å². The first-order valence-electron chi connectivity index (χ1n) is 6.01. The second kappa shape index (κ2) is 4.94. The SMILES string of the molecule is CC(O)c1cc(F)ccc1N1CCC(C(N)=O)C1. The molecule has 2 unspecified atom stereocenters. The van der Waals surface area contributed by atoms with E-state index in [0.29, 0.717) is 25.1 Å². The minimum Gasteiger partial charge on any atom is -0.389 e. The second-order valence-electron chi connectivity index (χ2n) is 4.71. The van der Waals surface area contributed by atoms with E-state index in [1.54, 1.807) is 13.0 Å². The molecule has 0 saturated carbocycles. The molecule has 5 heteroatoms. The molecule has 0 aliphatic carbocycles. The fourth-order valence-electron chi connectivity index (χ4n) is 2.36. The zero-order valence-electron chi connectivity index (χ0n) is 10.3. The lowest BCUT2D eigenvalue weighted by Gasteiger charge is -2.23. The van der Waals surface area contributed by atoms with Crippen LogP contribution in [-0.2, 0) is 4.79 Å². The zero-order chi connectivity index (χ0) is 13.3. The third kappa shape index (κ3) is 2.46. The van der Waals surface area contributed by atoms with Gasteiger partial charge in [-0.15, -0.1) is 0 Å². The van der Waals surface area contributed by atoms with Crippen LogP contribution in [0.1, 0.15) is 25.0 Å². The third-order valence-corrected chi connectivity index (χ3v) is 3.37. The van der Waals surface area contributed by atoms with Crippen LogP contribution >= 0.6 is 0 Å². The number of benzene rings is 1. The van der Waals surface area contributed by atoms with Crippen molar-refractivity contribution in [1.82, 2.24) is 0 Å². The third-order valence-electron chi connectivity index (χ3n) is 3.37. The molecule has 1 aliphatic heterocycles. The molecule has 0 spiro atoms. The molecule has 2 rings (SSSR count). The number of hydrogen-bond donors (Lipinski definition) is 2. The van der Waals surface area contributed by atoms with Crippen LogP contribution in [0.15, 0.2) is 18.2 Å². The quantitative estimate of drug-likeness (QED) is 0.849. The average molecular weight is 252 g/mol. The molecule has 98 valence electrons. The fourth-order valence-corrected chi connectivity index (χ4v) is 2.36. The number of aliphatic hydroxyl groups is 1. The van der Waals surface area contributed by atoms with Crippen molar-refractivity contribution in [2.75, 3.05) is 18.0 Å². The van der Waals surface area contributed by atoms with Crippen LogP contribution in [0.5, 0.6) is 0 Å². The molecule has 18 heavy (non-hydrogen) atoms. The largest absolute Gasteiger partial charge is 0.389 e. The fraction of sp³-hybridized carbons (Fsp3) is 0.462. The van der Waals surface area contributed by atoms with E-state index in [1.165, 1.54) is 12.1 Å². The predicted molar refractivity (Wildman–Crippen MR) is 66.5 cm³/mol. The normalized spacial score (nSPS) is 21.1. The number of amides is 1. The molecule has 0 bridgehead atoms. The molecular formula is C13H17FN2O2. The summed E-state index contributed by atoms with van der Waals surface area (Å²) >= 11 is 0. The first-order chi connectivity index (χ1) is 8.49. The van der Waals surface area contributed by atoms with Gasteiger partial charge in [0.1, 0.15) is 5.82 Å². The van der Waals surface area contributed by atoms with Gasteiger partial charge in [-0.25, -0.2) is 4.39 Å². The van der Waals surface area contributed by atoms with Crippen molar-refractivity contribution in [2.24, 2.45) is 11.7 Å². The molecule has 1 aromatic carbocycles. The van der Waals surface area contributed by atoms with Gasteiger partial charge in [0, 0.05) is 24.3 Å². The smallest absolute Gasteiger partial charge is 0.222 e. The van der Waals surface area contributed by atoms with E-state index >= 15 is 0 Å². The summed E-state index contributed by atoms with van der Waals surface area (Å²) in [7, 11) is 0. The summed E-state index contributed by atoms with van der Waals surface area (Å²) in [5, 5.41) is 9.68. The van der Waals surface area contributed by atoms with Crippen molar-refractivity contribution >= 4 is 11.6 Å². The molecular weight excluding hydrogens is 235 g/mol. The lowest BCUT2D eigenvalue weighted by molar-refractivity contribution is -0.121. The van der Waals surface area contributed by atoms with Gasteiger partial charge in [0.15, 0.2) is 0 Å². The Morgan fingerprint density at radius 2 is 2.33 bits per heavy atom. The van der Waals surface area contributed by atoms with E-state index in [0.717, 1.165) is 5.69 Å². The molecule has 0 aromatic heterocycles. The van der Waals surface area contributed by atoms with E-state index < -0.39 is 6.10 Å². The molecule has 4 nitrogen and oxygen atoms in total. The summed E-state index contributed by atoms with van der Waals surface area (Å²) in [5.74, 6) is -0.851. The molecule has 1 amide bonds. The maximum Gasteiger partial charge on any atom is 0.222 e. The highest BCUT2D eigenvalue weighted by molar-refractivity contribution is 5.78. The topological polar surface area (TPSA) is 66.6 Å². The summed E-state index contributed by atoms with van der Waals surface area (Å²) in [5.41, 5.74) is 6.60. The Morgan fingerprint density at radius 3 is 2.89 bits per heavy atom. The van der Waals surface area contributed by atoms with Crippen molar-refractivity contribution in [3.05, 3.63) is 29.6 Å². The Morgan fingerprint density at radius 1 is 1.61 bits per heavy atom. The first-order valence-corrected chi connectivity index (χ1v) is 6.01. The van der Waals surface area contributed by atoms with Crippen molar-refractivity contribution in [1.29, 1.82) is 0 Å². The number of carbonyl (C=O) groups is 1. The lowest BCUT2D eigenvalue weighted by atomic mass is 10.1. The molecule has 1 aliphatic rings. The van der Waals surface area contributed by atoms with Gasteiger partial charge in [-0.2, -0.15) is 0 Å². The van der Waals surface area contributed by atoms with E-state index in [9.17, 15) is 14.3 Å². The van der Waals surface area contributed by atoms with Gasteiger partial charge in [0.2, 0.25) is 5.91 Å². The standard InChI is InChI=1S/C13H17FN2O2/c1-8(17)11-6-10(14)2-3-12(11)16-5-4-9(7-16)13(15)18/h2-3,6,8-9,17H,4-5,7H2,1H3,(H2,15,18). The van der Waals surface area contributed by atoms with Crippen molar-refractivity contribution < 1.29 is 14.3 Å². The summed E-state index contributed by atoms with van der Waals surface area (Å²) in [4.78, 5) is 13.1. The maximum atomic E-state index is 13.2. The van der Waals surface area contributed by atoms with Crippen molar-refractivity contribution in [3.8, 4) is 0 Å². The van der Waals surface area contributed by atoms with Crippen LogP contribution in [0.4, 0.5) is 10.1 Å². The highest BCUT2D eigenvalue weighted by atomic mass is 19.1. The van der Waals surface area contributed by atoms with Crippen molar-refractivity contribution in [3.63, 3.8) is 0 Å². The second-order valence-corrected chi connectivity index (χ2v) is 4.71. The lowest BCUT2D eigenvalue weighted by Crippen LogP contribution is -2.27. The van der Waals surface area contributed by atoms with Gasteiger partial charge in [-0.05, 0) is 31.5 Å². The Kier molecular flexibility index (Phi) is 3.52. The first kappa shape index (κ1) is 12.8. The van der Waals surface area contributed by atoms with Crippen LogP contribution in [0.2, 0.25) is 0 Å². The molecule has 3 N–H and O–H groups in total. The molecule has 0 radical (unpaired) electrons. The Bertz CT molecular complexity index is 462. The van der Waals surface area contributed by atoms with E-state index in [1.807, 2.05) is 4.90 Å². The Labute approximate surface area is 105 Å². The van der Waals surface area contributed by atoms with E-state index in [2.05, 4.69) is 0 Å². The predicted octanol–water partition coefficient (Wildman–Crippen LogP) is 1.19. The van der Waals surface area contributed by atoms with Crippen LogP contribution < -0.4 is 10.6 Å². The number of aliphatic hydroxyl groups excluding tert-OH is 1. The maximum absolute atomic E-state index is 13.2. The average Bonchev–Trinajstić information content (AvgIpc) is 2.78. The number of primary amides is 1. The highest BCUT2D eigenvalue weighted by Crippen LogP contribution is 2.31. The summed E-state index contributed by atoms with van der Waals surface area (Å²) in [6, 6.07) is 4.33. The number of carbonyl (C=O) groups excluding carboxylic acids is 1. The zero-order valence-corrected chi connectivity index (χ0v) is 10.3. The van der Waals surface area contributed by atoms with Gasteiger partial charge in [0.05, 0.1) is 12.0 Å². The van der Waals surface area contributed by atoms with E-state index in [4.69, 9.17) is 5.73 Å². The number of rotatable bonds is 3. The molecule has 1 fully saturated rings. The number of nitrogens with zero attached hydrogens (tertiary/aromatic N) is 1. The number of hydrogen-bond acceptors (Lipinski definition) is 3. The van der Waals surface area contributed by atoms with Gasteiger partial charge >= 0.3 is 0 Å². The van der Waals surface area contributed by atoms with E-state index in [-0.39, 0.29) is 17.6 Å².